The maximum atomic E-state index is 12.0. The molecule has 0 aromatic heterocycles. The third-order valence-electron chi connectivity index (χ3n) is 3.87. The minimum Gasteiger partial charge on any atom is -0.484 e. The van der Waals surface area contributed by atoms with Crippen molar-refractivity contribution in [2.24, 2.45) is 0 Å². The predicted molar refractivity (Wildman–Crippen MR) is 98.2 cm³/mol. The van der Waals surface area contributed by atoms with Gasteiger partial charge in [-0.15, -0.1) is 0 Å². The first kappa shape index (κ1) is 17.5. The van der Waals surface area contributed by atoms with Crippen molar-refractivity contribution in [1.82, 2.24) is 0 Å². The maximum Gasteiger partial charge on any atom is 0.262 e. The lowest BCUT2D eigenvalue weighted by Gasteiger charge is -2.11. The summed E-state index contributed by atoms with van der Waals surface area (Å²) in [7, 11) is 0. The highest BCUT2D eigenvalue weighted by Gasteiger charge is 2.06. The van der Waals surface area contributed by atoms with Crippen LogP contribution in [-0.4, -0.2) is 12.5 Å². The van der Waals surface area contributed by atoms with Crippen molar-refractivity contribution in [2.45, 2.75) is 33.1 Å². The van der Waals surface area contributed by atoms with Crippen LogP contribution in [0.4, 0.5) is 5.69 Å². The SMILES string of the molecule is CC[C@H](C)c1ccc(OCC(=O)Nc2ccc(Br)c(C)c2)cc1. The smallest absolute Gasteiger partial charge is 0.262 e. The van der Waals surface area contributed by atoms with Crippen LogP contribution in [0.1, 0.15) is 37.3 Å². The van der Waals surface area contributed by atoms with Crippen molar-refractivity contribution in [1.29, 1.82) is 0 Å². The topological polar surface area (TPSA) is 38.3 Å². The summed E-state index contributed by atoms with van der Waals surface area (Å²) in [5.41, 5.74) is 3.13. The van der Waals surface area contributed by atoms with Crippen LogP contribution in [0.3, 0.4) is 0 Å². The highest BCUT2D eigenvalue weighted by atomic mass is 79.9. The van der Waals surface area contributed by atoms with Gasteiger partial charge in [0.05, 0.1) is 0 Å². The second-order valence-corrected chi connectivity index (χ2v) is 6.53. The van der Waals surface area contributed by atoms with Gasteiger partial charge in [0.25, 0.3) is 5.91 Å². The lowest BCUT2D eigenvalue weighted by atomic mass is 9.99. The van der Waals surface area contributed by atoms with E-state index in [1.165, 1.54) is 5.56 Å². The van der Waals surface area contributed by atoms with E-state index in [-0.39, 0.29) is 12.5 Å². The second-order valence-electron chi connectivity index (χ2n) is 5.68. The van der Waals surface area contributed by atoms with Crippen molar-refractivity contribution >= 4 is 27.5 Å². The Kier molecular flexibility index (Phi) is 6.22. The highest BCUT2D eigenvalue weighted by Crippen LogP contribution is 2.22. The van der Waals surface area contributed by atoms with Crippen molar-refractivity contribution in [3.63, 3.8) is 0 Å². The molecule has 0 aliphatic heterocycles. The summed E-state index contributed by atoms with van der Waals surface area (Å²) in [4.78, 5) is 12.0. The van der Waals surface area contributed by atoms with Crippen LogP contribution in [0.25, 0.3) is 0 Å². The van der Waals surface area contributed by atoms with Crippen LogP contribution >= 0.6 is 15.9 Å². The molecule has 0 saturated heterocycles. The maximum absolute atomic E-state index is 12.0. The van der Waals surface area contributed by atoms with Gasteiger partial charge >= 0.3 is 0 Å². The molecule has 122 valence electrons. The van der Waals surface area contributed by atoms with Crippen molar-refractivity contribution in [3.05, 3.63) is 58.1 Å². The second kappa shape index (κ2) is 8.16. The summed E-state index contributed by atoms with van der Waals surface area (Å²) in [6, 6.07) is 13.6. The van der Waals surface area contributed by atoms with Gasteiger partial charge in [-0.05, 0) is 60.7 Å². The molecule has 0 saturated carbocycles. The third-order valence-corrected chi connectivity index (χ3v) is 4.76. The zero-order chi connectivity index (χ0) is 16.8. The molecule has 0 unspecified atom stereocenters. The molecule has 0 aliphatic carbocycles. The summed E-state index contributed by atoms with van der Waals surface area (Å²) < 4.78 is 6.56. The molecular formula is C19H22BrNO2. The molecule has 1 amide bonds. The zero-order valence-electron chi connectivity index (χ0n) is 13.7. The van der Waals surface area contributed by atoms with Crippen LogP contribution in [0, 0.1) is 6.92 Å². The molecule has 1 atom stereocenters. The molecule has 2 aromatic carbocycles. The minimum absolute atomic E-state index is 0.00219. The number of aryl methyl sites for hydroxylation is 1. The number of ether oxygens (including phenoxy) is 1. The van der Waals surface area contributed by atoms with E-state index in [0.29, 0.717) is 11.7 Å². The summed E-state index contributed by atoms with van der Waals surface area (Å²) >= 11 is 3.44. The molecule has 2 aromatic rings. The minimum atomic E-state index is -0.169. The standard InChI is InChI=1S/C19H22BrNO2/c1-4-13(2)15-5-8-17(9-6-15)23-12-19(22)21-16-7-10-18(20)14(3)11-16/h5-11,13H,4,12H2,1-3H3,(H,21,22)/t13-/m0/s1. The van der Waals surface area contributed by atoms with Gasteiger partial charge in [-0.1, -0.05) is 41.9 Å². The van der Waals surface area contributed by atoms with Crippen molar-refractivity contribution < 1.29 is 9.53 Å². The number of rotatable bonds is 6. The highest BCUT2D eigenvalue weighted by molar-refractivity contribution is 9.10. The fourth-order valence-electron chi connectivity index (χ4n) is 2.20. The molecule has 23 heavy (non-hydrogen) atoms. The molecule has 0 fully saturated rings. The Morgan fingerprint density at radius 1 is 1.22 bits per heavy atom. The molecule has 0 aliphatic rings. The summed E-state index contributed by atoms with van der Waals surface area (Å²) in [5.74, 6) is 1.07. The van der Waals surface area contributed by atoms with Gasteiger partial charge in [0.1, 0.15) is 5.75 Å². The van der Waals surface area contributed by atoms with Gasteiger partial charge in [0.15, 0.2) is 6.61 Å². The molecule has 4 heteroatoms. The fraction of sp³-hybridized carbons (Fsp3) is 0.316. The number of carbonyl (C=O) groups excluding carboxylic acids is 1. The number of benzene rings is 2. The molecule has 0 heterocycles. The first-order valence-electron chi connectivity index (χ1n) is 7.78. The molecule has 2 rings (SSSR count). The van der Waals surface area contributed by atoms with Gasteiger partial charge in [0.2, 0.25) is 0 Å². The molecule has 3 nitrogen and oxygen atoms in total. The Morgan fingerprint density at radius 3 is 2.52 bits per heavy atom. The van der Waals surface area contributed by atoms with E-state index in [1.54, 1.807) is 0 Å². The van der Waals surface area contributed by atoms with Crippen LogP contribution in [0.2, 0.25) is 0 Å². The van der Waals surface area contributed by atoms with Crippen LogP contribution in [0.15, 0.2) is 46.9 Å². The number of carbonyl (C=O) groups is 1. The number of hydrogen-bond acceptors (Lipinski definition) is 2. The van der Waals surface area contributed by atoms with Crippen molar-refractivity contribution in [2.75, 3.05) is 11.9 Å². The lowest BCUT2D eigenvalue weighted by Crippen LogP contribution is -2.20. The molecule has 0 bridgehead atoms. The van der Waals surface area contributed by atoms with Crippen LogP contribution < -0.4 is 10.1 Å². The predicted octanol–water partition coefficient (Wildman–Crippen LogP) is 5.29. The average molecular weight is 376 g/mol. The largest absolute Gasteiger partial charge is 0.484 e. The monoisotopic (exact) mass is 375 g/mol. The van der Waals surface area contributed by atoms with E-state index in [1.807, 2.05) is 37.3 Å². The quantitative estimate of drug-likeness (QED) is 0.744. The number of hydrogen-bond donors (Lipinski definition) is 1. The van der Waals surface area contributed by atoms with E-state index >= 15 is 0 Å². The molecule has 0 radical (unpaired) electrons. The lowest BCUT2D eigenvalue weighted by molar-refractivity contribution is -0.118. The first-order valence-corrected chi connectivity index (χ1v) is 8.57. The van der Waals surface area contributed by atoms with Gasteiger partial charge in [-0.2, -0.15) is 0 Å². The summed E-state index contributed by atoms with van der Waals surface area (Å²) in [5, 5.41) is 2.83. The number of amides is 1. The average Bonchev–Trinajstić information content (AvgIpc) is 2.56. The van der Waals surface area contributed by atoms with E-state index in [4.69, 9.17) is 4.74 Å². The number of nitrogens with one attached hydrogen (secondary N) is 1. The zero-order valence-corrected chi connectivity index (χ0v) is 15.3. The Balaban J connectivity index is 1.87. The Morgan fingerprint density at radius 2 is 1.91 bits per heavy atom. The molecule has 1 N–H and O–H groups in total. The Bertz CT molecular complexity index is 668. The number of anilines is 1. The van der Waals surface area contributed by atoms with Crippen LogP contribution in [-0.2, 0) is 4.79 Å². The normalized spacial score (nSPS) is 11.8. The third kappa shape index (κ3) is 5.10. The van der Waals surface area contributed by atoms with Gasteiger partial charge in [0, 0.05) is 10.2 Å². The Hall–Kier alpha value is -1.81. The van der Waals surface area contributed by atoms with E-state index in [2.05, 4.69) is 47.2 Å². The first-order chi connectivity index (χ1) is 11.0. The van der Waals surface area contributed by atoms with Gasteiger partial charge in [-0.3, -0.25) is 4.79 Å². The van der Waals surface area contributed by atoms with Crippen LogP contribution in [0.5, 0.6) is 5.75 Å². The number of halogens is 1. The van der Waals surface area contributed by atoms with E-state index in [0.717, 1.165) is 22.1 Å². The fourth-order valence-corrected chi connectivity index (χ4v) is 2.44. The Labute approximate surface area is 146 Å². The van der Waals surface area contributed by atoms with Gasteiger partial charge < -0.3 is 10.1 Å². The summed E-state index contributed by atoms with van der Waals surface area (Å²) in [6.07, 6.45) is 1.11. The van der Waals surface area contributed by atoms with E-state index < -0.39 is 0 Å². The van der Waals surface area contributed by atoms with Gasteiger partial charge in [-0.25, -0.2) is 0 Å². The molecular weight excluding hydrogens is 354 g/mol. The molecule has 0 spiro atoms. The van der Waals surface area contributed by atoms with Crippen molar-refractivity contribution in [3.8, 4) is 5.75 Å². The summed E-state index contributed by atoms with van der Waals surface area (Å²) in [6.45, 7) is 6.35. The van der Waals surface area contributed by atoms with E-state index in [9.17, 15) is 4.79 Å².